The molecule has 5 heteroatoms. The van der Waals surface area contributed by atoms with Gasteiger partial charge in [-0.05, 0) is 12.5 Å². The summed E-state index contributed by atoms with van der Waals surface area (Å²) in [4.78, 5) is 23.6. The van der Waals surface area contributed by atoms with Gasteiger partial charge in [0.1, 0.15) is 5.56 Å². The first-order valence-corrected chi connectivity index (χ1v) is 4.73. The van der Waals surface area contributed by atoms with E-state index in [9.17, 15) is 14.9 Å². The molecule has 1 aromatic rings. The third-order valence-corrected chi connectivity index (χ3v) is 2.47. The van der Waals surface area contributed by atoms with Crippen LogP contribution in [0.1, 0.15) is 16.8 Å². The summed E-state index contributed by atoms with van der Waals surface area (Å²) >= 11 is 0. The average Bonchev–Trinajstić information content (AvgIpc) is 2.15. The van der Waals surface area contributed by atoms with Crippen LogP contribution in [0.5, 0.6) is 0 Å². The van der Waals surface area contributed by atoms with Crippen LogP contribution < -0.4 is 0 Å². The molecule has 1 heterocycles. The van der Waals surface area contributed by atoms with E-state index in [0.29, 0.717) is 13.1 Å². The molecule has 2 rings (SSSR count). The number of hydrogen-bond donors (Lipinski definition) is 0. The zero-order valence-corrected chi connectivity index (χ0v) is 8.05. The van der Waals surface area contributed by atoms with Crippen molar-refractivity contribution in [3.05, 3.63) is 39.9 Å². The number of benzene rings is 1. The van der Waals surface area contributed by atoms with Crippen LogP contribution in [0.3, 0.4) is 0 Å². The molecule has 0 N–H and O–H groups in total. The van der Waals surface area contributed by atoms with Crippen molar-refractivity contribution in [3.63, 3.8) is 0 Å². The standard InChI is InChI=1S/C10H10N2O3/c13-10(11-6-3-7-11)8-4-1-2-5-9(8)12(14)15/h1-2,4-5H,3,6-7H2. The highest BCUT2D eigenvalue weighted by atomic mass is 16.6. The molecule has 0 aromatic heterocycles. The summed E-state index contributed by atoms with van der Waals surface area (Å²) in [5.74, 6) is -0.242. The summed E-state index contributed by atoms with van der Waals surface area (Å²) in [6, 6.07) is 6.05. The third-order valence-electron chi connectivity index (χ3n) is 2.47. The van der Waals surface area contributed by atoms with Gasteiger partial charge in [0.2, 0.25) is 0 Å². The summed E-state index contributed by atoms with van der Waals surface area (Å²) in [7, 11) is 0. The van der Waals surface area contributed by atoms with E-state index in [1.54, 1.807) is 17.0 Å². The van der Waals surface area contributed by atoms with Crippen molar-refractivity contribution < 1.29 is 9.72 Å². The van der Waals surface area contributed by atoms with Crippen molar-refractivity contribution in [2.24, 2.45) is 0 Å². The normalized spacial score (nSPS) is 14.5. The van der Waals surface area contributed by atoms with E-state index >= 15 is 0 Å². The smallest absolute Gasteiger partial charge is 0.282 e. The van der Waals surface area contributed by atoms with Crippen LogP contribution in [-0.4, -0.2) is 28.8 Å². The van der Waals surface area contributed by atoms with Crippen LogP contribution in [0.15, 0.2) is 24.3 Å². The quantitative estimate of drug-likeness (QED) is 0.543. The fourth-order valence-electron chi connectivity index (χ4n) is 1.50. The lowest BCUT2D eigenvalue weighted by atomic mass is 10.1. The third kappa shape index (κ3) is 1.68. The molecule has 0 unspecified atom stereocenters. The van der Waals surface area contributed by atoms with Gasteiger partial charge in [-0.3, -0.25) is 14.9 Å². The SMILES string of the molecule is O=C(c1ccccc1[N+](=O)[O-])N1CCC1. The van der Waals surface area contributed by atoms with Gasteiger partial charge >= 0.3 is 0 Å². The molecule has 1 aliphatic heterocycles. The number of para-hydroxylation sites is 1. The van der Waals surface area contributed by atoms with Crippen LogP contribution in [0.2, 0.25) is 0 Å². The van der Waals surface area contributed by atoms with Crippen LogP contribution in [0, 0.1) is 10.1 Å². The van der Waals surface area contributed by atoms with E-state index in [2.05, 4.69) is 0 Å². The van der Waals surface area contributed by atoms with Gasteiger partial charge in [0.25, 0.3) is 11.6 Å². The van der Waals surface area contributed by atoms with Crippen LogP contribution in [0.25, 0.3) is 0 Å². The maximum Gasteiger partial charge on any atom is 0.282 e. The summed E-state index contributed by atoms with van der Waals surface area (Å²) in [6.07, 6.45) is 0.979. The Labute approximate surface area is 86.5 Å². The number of nitro groups is 1. The van der Waals surface area contributed by atoms with Gasteiger partial charge in [0.15, 0.2) is 0 Å². The monoisotopic (exact) mass is 206 g/mol. The van der Waals surface area contributed by atoms with E-state index in [4.69, 9.17) is 0 Å². The fourth-order valence-corrected chi connectivity index (χ4v) is 1.50. The number of rotatable bonds is 2. The number of nitrogens with zero attached hydrogens (tertiary/aromatic N) is 2. The predicted molar refractivity (Wildman–Crippen MR) is 53.6 cm³/mol. The Hall–Kier alpha value is -1.91. The molecule has 15 heavy (non-hydrogen) atoms. The zero-order valence-electron chi connectivity index (χ0n) is 8.05. The zero-order chi connectivity index (χ0) is 10.8. The maximum atomic E-state index is 11.8. The number of hydrogen-bond acceptors (Lipinski definition) is 3. The maximum absolute atomic E-state index is 11.8. The molecule has 0 spiro atoms. The topological polar surface area (TPSA) is 63.4 Å². The lowest BCUT2D eigenvalue weighted by Crippen LogP contribution is -2.42. The van der Waals surface area contributed by atoms with Crippen molar-refractivity contribution in [1.82, 2.24) is 4.90 Å². The van der Waals surface area contributed by atoms with Gasteiger partial charge in [-0.2, -0.15) is 0 Å². The molecule has 0 radical (unpaired) electrons. The van der Waals surface area contributed by atoms with Gasteiger partial charge < -0.3 is 4.90 Å². The van der Waals surface area contributed by atoms with Crippen molar-refractivity contribution in [3.8, 4) is 0 Å². The number of carbonyl (C=O) groups is 1. The largest absolute Gasteiger partial charge is 0.338 e. The highest BCUT2D eigenvalue weighted by Gasteiger charge is 2.27. The molecule has 0 saturated carbocycles. The first-order chi connectivity index (χ1) is 7.20. The van der Waals surface area contributed by atoms with E-state index in [1.165, 1.54) is 12.1 Å². The van der Waals surface area contributed by atoms with Crippen LogP contribution in [-0.2, 0) is 0 Å². The molecule has 1 saturated heterocycles. The molecule has 0 atom stereocenters. The number of likely N-dealkylation sites (tertiary alicyclic amines) is 1. The Kier molecular flexibility index (Phi) is 2.37. The lowest BCUT2D eigenvalue weighted by Gasteiger charge is -2.30. The minimum absolute atomic E-state index is 0.116. The average molecular weight is 206 g/mol. The Morgan fingerprint density at radius 1 is 1.33 bits per heavy atom. The van der Waals surface area contributed by atoms with Gasteiger partial charge in [-0.1, -0.05) is 12.1 Å². The van der Waals surface area contributed by atoms with Gasteiger partial charge in [-0.15, -0.1) is 0 Å². The Morgan fingerprint density at radius 3 is 2.53 bits per heavy atom. The summed E-state index contributed by atoms with van der Waals surface area (Å²) < 4.78 is 0. The Morgan fingerprint density at radius 2 is 2.00 bits per heavy atom. The summed E-state index contributed by atoms with van der Waals surface area (Å²) in [5, 5.41) is 10.7. The second-order valence-corrected chi connectivity index (χ2v) is 3.42. The summed E-state index contributed by atoms with van der Waals surface area (Å²) in [5.41, 5.74) is 0.0663. The summed E-state index contributed by atoms with van der Waals surface area (Å²) in [6.45, 7) is 1.40. The highest BCUT2D eigenvalue weighted by Crippen LogP contribution is 2.21. The van der Waals surface area contributed by atoms with Crippen molar-refractivity contribution in [2.75, 3.05) is 13.1 Å². The molecule has 0 aliphatic carbocycles. The molecule has 1 aromatic carbocycles. The van der Waals surface area contributed by atoms with Gasteiger partial charge in [0.05, 0.1) is 4.92 Å². The van der Waals surface area contributed by atoms with Crippen molar-refractivity contribution >= 4 is 11.6 Å². The second-order valence-electron chi connectivity index (χ2n) is 3.42. The first kappa shape index (κ1) is 9.64. The van der Waals surface area contributed by atoms with Gasteiger partial charge in [-0.25, -0.2) is 0 Å². The molecule has 5 nitrogen and oxygen atoms in total. The number of amides is 1. The van der Waals surface area contributed by atoms with E-state index in [1.807, 2.05) is 0 Å². The molecule has 78 valence electrons. The second kappa shape index (κ2) is 3.68. The molecule has 1 fully saturated rings. The molecular weight excluding hydrogens is 196 g/mol. The number of nitro benzene ring substituents is 1. The molecule has 1 amide bonds. The van der Waals surface area contributed by atoms with Gasteiger partial charge in [0, 0.05) is 19.2 Å². The van der Waals surface area contributed by atoms with Crippen molar-refractivity contribution in [2.45, 2.75) is 6.42 Å². The predicted octanol–water partition coefficient (Wildman–Crippen LogP) is 1.44. The van der Waals surface area contributed by atoms with E-state index < -0.39 is 4.92 Å². The van der Waals surface area contributed by atoms with Crippen LogP contribution in [0.4, 0.5) is 5.69 Å². The molecule has 0 bridgehead atoms. The lowest BCUT2D eigenvalue weighted by molar-refractivity contribution is -0.385. The van der Waals surface area contributed by atoms with E-state index in [0.717, 1.165) is 6.42 Å². The fraction of sp³-hybridized carbons (Fsp3) is 0.300. The van der Waals surface area contributed by atoms with Crippen LogP contribution >= 0.6 is 0 Å². The number of carbonyl (C=O) groups excluding carboxylic acids is 1. The first-order valence-electron chi connectivity index (χ1n) is 4.73. The Bertz CT molecular complexity index is 413. The Balaban J connectivity index is 2.33. The molecule has 1 aliphatic rings. The van der Waals surface area contributed by atoms with E-state index in [-0.39, 0.29) is 17.2 Å². The molecular formula is C10H10N2O3. The minimum Gasteiger partial charge on any atom is -0.338 e. The highest BCUT2D eigenvalue weighted by molar-refractivity contribution is 5.98. The van der Waals surface area contributed by atoms with Crippen molar-refractivity contribution in [1.29, 1.82) is 0 Å². The minimum atomic E-state index is -0.521.